The van der Waals surface area contributed by atoms with Crippen molar-refractivity contribution in [2.75, 3.05) is 10.6 Å². The molecule has 3 heteroatoms. The number of anilines is 2. The predicted molar refractivity (Wildman–Crippen MR) is 94.2 cm³/mol. The molecule has 0 bridgehead atoms. The van der Waals surface area contributed by atoms with Gasteiger partial charge < -0.3 is 10.6 Å². The second-order valence-electron chi connectivity index (χ2n) is 5.76. The van der Waals surface area contributed by atoms with Gasteiger partial charge in [0.1, 0.15) is 0 Å². The molecule has 1 fully saturated rings. The van der Waals surface area contributed by atoms with E-state index < -0.39 is 0 Å². The summed E-state index contributed by atoms with van der Waals surface area (Å²) in [4.78, 5) is 0. The molecule has 2 N–H and O–H groups in total. The van der Waals surface area contributed by atoms with Crippen molar-refractivity contribution < 1.29 is 0 Å². The number of hydrogen-bond acceptors (Lipinski definition) is 1. The minimum atomic E-state index is 0.650. The van der Waals surface area contributed by atoms with Crippen LogP contribution < -0.4 is 10.6 Å². The Morgan fingerprint density at radius 3 is 2.48 bits per heavy atom. The maximum atomic E-state index is 5.47. The van der Waals surface area contributed by atoms with Gasteiger partial charge in [0.05, 0.1) is 0 Å². The number of rotatable bonds is 3. The second kappa shape index (κ2) is 5.86. The van der Waals surface area contributed by atoms with Crippen LogP contribution in [0.5, 0.6) is 0 Å². The van der Waals surface area contributed by atoms with Crippen LogP contribution in [0.15, 0.2) is 42.5 Å². The van der Waals surface area contributed by atoms with Crippen LogP contribution in [0.1, 0.15) is 35.4 Å². The Labute approximate surface area is 131 Å². The average Bonchev–Trinajstić information content (AvgIpc) is 3.28. The molecule has 0 heterocycles. The van der Waals surface area contributed by atoms with Crippen LogP contribution in [0.2, 0.25) is 0 Å². The standard InChI is InChI=1S/C18H20N2S/c1-12-7-8-13(2)17(11-12)20-18(21)19-16-6-4-3-5-15(16)14-9-10-14/h3-8,11,14H,9-10H2,1-2H3,(H2,19,20,21). The third-order valence-electron chi connectivity index (χ3n) is 3.87. The highest BCUT2D eigenvalue weighted by atomic mass is 32.1. The van der Waals surface area contributed by atoms with E-state index in [1.165, 1.54) is 29.5 Å². The molecule has 0 saturated heterocycles. The molecule has 2 aromatic rings. The summed E-state index contributed by atoms with van der Waals surface area (Å²) in [5.41, 5.74) is 5.99. The van der Waals surface area contributed by atoms with Crippen molar-refractivity contribution in [2.24, 2.45) is 0 Å². The molecule has 0 radical (unpaired) electrons. The van der Waals surface area contributed by atoms with Crippen LogP contribution in [0.4, 0.5) is 11.4 Å². The van der Waals surface area contributed by atoms with Gasteiger partial charge in [0.15, 0.2) is 5.11 Å². The van der Waals surface area contributed by atoms with E-state index in [0.717, 1.165) is 11.4 Å². The Kier molecular flexibility index (Phi) is 3.93. The van der Waals surface area contributed by atoms with Gasteiger partial charge in [0.25, 0.3) is 0 Å². The summed E-state index contributed by atoms with van der Waals surface area (Å²) in [5, 5.41) is 7.30. The lowest BCUT2D eigenvalue weighted by atomic mass is 10.1. The van der Waals surface area contributed by atoms with Gasteiger partial charge in [-0.15, -0.1) is 0 Å². The number of aryl methyl sites for hydroxylation is 2. The molecule has 1 aliphatic rings. The molecule has 108 valence electrons. The van der Waals surface area contributed by atoms with E-state index in [1.807, 2.05) is 0 Å². The number of nitrogens with one attached hydrogen (secondary N) is 2. The summed E-state index contributed by atoms with van der Waals surface area (Å²) in [6.45, 7) is 4.17. The van der Waals surface area contributed by atoms with Crippen molar-refractivity contribution in [3.8, 4) is 0 Å². The van der Waals surface area contributed by atoms with Crippen LogP contribution in [-0.4, -0.2) is 5.11 Å². The zero-order valence-electron chi connectivity index (χ0n) is 12.4. The molecular weight excluding hydrogens is 276 g/mol. The monoisotopic (exact) mass is 296 g/mol. The third kappa shape index (κ3) is 3.42. The number of para-hydroxylation sites is 1. The maximum absolute atomic E-state index is 5.47. The fourth-order valence-electron chi connectivity index (χ4n) is 2.51. The molecule has 0 atom stereocenters. The SMILES string of the molecule is Cc1ccc(C)c(NC(=S)Nc2ccccc2C2CC2)c1. The van der Waals surface area contributed by atoms with Crippen molar-refractivity contribution in [3.05, 3.63) is 59.2 Å². The van der Waals surface area contributed by atoms with E-state index in [4.69, 9.17) is 12.2 Å². The van der Waals surface area contributed by atoms with Crippen molar-refractivity contribution >= 4 is 28.7 Å². The highest BCUT2D eigenvalue weighted by molar-refractivity contribution is 7.80. The zero-order valence-corrected chi connectivity index (χ0v) is 13.3. The first-order valence-corrected chi connectivity index (χ1v) is 7.78. The summed E-state index contributed by atoms with van der Waals surface area (Å²) in [6.07, 6.45) is 2.58. The first kappa shape index (κ1) is 14.1. The largest absolute Gasteiger partial charge is 0.332 e. The van der Waals surface area contributed by atoms with Gasteiger partial charge >= 0.3 is 0 Å². The number of hydrogen-bond donors (Lipinski definition) is 2. The van der Waals surface area contributed by atoms with Crippen molar-refractivity contribution in [3.63, 3.8) is 0 Å². The topological polar surface area (TPSA) is 24.1 Å². The molecule has 0 aliphatic heterocycles. The number of thiocarbonyl (C=S) groups is 1. The first-order valence-electron chi connectivity index (χ1n) is 7.37. The third-order valence-corrected chi connectivity index (χ3v) is 4.07. The lowest BCUT2D eigenvalue weighted by Gasteiger charge is -2.15. The minimum absolute atomic E-state index is 0.650. The summed E-state index contributed by atoms with van der Waals surface area (Å²) in [5.74, 6) is 0.706. The van der Waals surface area contributed by atoms with Gasteiger partial charge in [0, 0.05) is 11.4 Å². The lowest BCUT2D eigenvalue weighted by molar-refractivity contribution is 1.13. The number of benzene rings is 2. The van der Waals surface area contributed by atoms with Crippen LogP contribution >= 0.6 is 12.2 Å². The van der Waals surface area contributed by atoms with Crippen molar-refractivity contribution in [1.82, 2.24) is 0 Å². The highest BCUT2D eigenvalue weighted by Crippen LogP contribution is 2.43. The quantitative estimate of drug-likeness (QED) is 0.780. The van der Waals surface area contributed by atoms with Crippen LogP contribution in [0, 0.1) is 13.8 Å². The average molecular weight is 296 g/mol. The molecular formula is C18H20N2S. The van der Waals surface area contributed by atoms with Gasteiger partial charge in [0.2, 0.25) is 0 Å². The van der Waals surface area contributed by atoms with Crippen molar-refractivity contribution in [2.45, 2.75) is 32.6 Å². The molecule has 0 amide bonds. The van der Waals surface area contributed by atoms with Gasteiger partial charge in [-0.2, -0.15) is 0 Å². The summed E-state index contributed by atoms with van der Waals surface area (Å²) in [6, 6.07) is 14.8. The van der Waals surface area contributed by atoms with E-state index >= 15 is 0 Å². The van der Waals surface area contributed by atoms with Crippen molar-refractivity contribution in [1.29, 1.82) is 0 Å². The normalized spacial score (nSPS) is 13.8. The highest BCUT2D eigenvalue weighted by Gasteiger charge is 2.25. The molecule has 0 unspecified atom stereocenters. The molecule has 0 aromatic heterocycles. The van der Waals surface area contributed by atoms with Crippen LogP contribution in [0.3, 0.4) is 0 Å². The summed E-state index contributed by atoms with van der Waals surface area (Å²) >= 11 is 5.47. The Morgan fingerprint density at radius 1 is 1.00 bits per heavy atom. The zero-order chi connectivity index (χ0) is 14.8. The van der Waals surface area contributed by atoms with Gasteiger partial charge in [-0.3, -0.25) is 0 Å². The van der Waals surface area contributed by atoms with E-state index in [2.05, 4.69) is 66.9 Å². The van der Waals surface area contributed by atoms with E-state index in [0.29, 0.717) is 11.0 Å². The molecule has 2 aromatic carbocycles. The maximum Gasteiger partial charge on any atom is 0.175 e. The summed E-state index contributed by atoms with van der Waals surface area (Å²) < 4.78 is 0. The van der Waals surface area contributed by atoms with Crippen LogP contribution in [0.25, 0.3) is 0 Å². The molecule has 2 nitrogen and oxygen atoms in total. The minimum Gasteiger partial charge on any atom is -0.332 e. The van der Waals surface area contributed by atoms with Gasteiger partial charge in [-0.1, -0.05) is 30.3 Å². The lowest BCUT2D eigenvalue weighted by Crippen LogP contribution is -2.20. The Morgan fingerprint density at radius 2 is 1.71 bits per heavy atom. The second-order valence-corrected chi connectivity index (χ2v) is 6.17. The van der Waals surface area contributed by atoms with Crippen LogP contribution in [-0.2, 0) is 0 Å². The summed E-state index contributed by atoms with van der Waals surface area (Å²) in [7, 11) is 0. The van der Waals surface area contributed by atoms with Gasteiger partial charge in [-0.05, 0) is 73.6 Å². The van der Waals surface area contributed by atoms with E-state index in [1.54, 1.807) is 0 Å². The Hall–Kier alpha value is -1.87. The predicted octanol–water partition coefficient (Wildman–Crippen LogP) is 4.99. The molecule has 3 rings (SSSR count). The van der Waals surface area contributed by atoms with E-state index in [9.17, 15) is 0 Å². The van der Waals surface area contributed by atoms with Gasteiger partial charge in [-0.25, -0.2) is 0 Å². The Bertz CT molecular complexity index is 675. The fraction of sp³-hybridized carbons (Fsp3) is 0.278. The Balaban J connectivity index is 1.73. The first-order chi connectivity index (χ1) is 10.1. The molecule has 0 spiro atoms. The van der Waals surface area contributed by atoms with E-state index in [-0.39, 0.29) is 0 Å². The molecule has 1 aliphatic carbocycles. The fourth-order valence-corrected chi connectivity index (χ4v) is 2.73. The molecule has 1 saturated carbocycles. The molecule has 21 heavy (non-hydrogen) atoms. The smallest absolute Gasteiger partial charge is 0.175 e.